The zero-order valence-corrected chi connectivity index (χ0v) is 16.7. The molecule has 0 atom stereocenters. The average molecular weight is 400 g/mol. The number of carbonyl (C=O) groups excluding carboxylic acids is 2. The fourth-order valence-electron chi connectivity index (χ4n) is 3.13. The van der Waals surface area contributed by atoms with Gasteiger partial charge in [0.25, 0.3) is 0 Å². The van der Waals surface area contributed by atoms with Crippen LogP contribution >= 0.6 is 23.2 Å². The van der Waals surface area contributed by atoms with E-state index in [0.29, 0.717) is 21.8 Å². The normalized spacial score (nSPS) is 15.8. The molecule has 1 aliphatic carbocycles. The van der Waals surface area contributed by atoms with Gasteiger partial charge in [0.1, 0.15) is 0 Å². The number of amides is 2. The highest BCUT2D eigenvalue weighted by Gasteiger charge is 2.17. The summed E-state index contributed by atoms with van der Waals surface area (Å²) < 4.78 is 0. The first kappa shape index (κ1) is 21.0. The van der Waals surface area contributed by atoms with Gasteiger partial charge in [0.05, 0.1) is 28.8 Å². The van der Waals surface area contributed by atoms with E-state index in [1.54, 1.807) is 25.2 Å². The lowest BCUT2D eigenvalue weighted by molar-refractivity contribution is -0.132. The third-order valence-corrected chi connectivity index (χ3v) is 5.31. The van der Waals surface area contributed by atoms with Gasteiger partial charge < -0.3 is 15.5 Å². The summed E-state index contributed by atoms with van der Waals surface area (Å²) >= 11 is 12.1. The number of rotatable bonds is 6. The van der Waals surface area contributed by atoms with E-state index in [4.69, 9.17) is 23.2 Å². The first-order valence-corrected chi connectivity index (χ1v) is 9.94. The largest absolute Gasteiger partial charge is 0.335 e. The Balaban J connectivity index is 1.77. The minimum atomic E-state index is -0.332. The van der Waals surface area contributed by atoms with Crippen molar-refractivity contribution in [3.8, 4) is 0 Å². The molecule has 1 aromatic carbocycles. The van der Waals surface area contributed by atoms with Gasteiger partial charge in [-0.05, 0) is 25.0 Å². The number of anilines is 1. The Bertz CT molecular complexity index is 597. The van der Waals surface area contributed by atoms with Crippen LogP contribution in [-0.2, 0) is 9.59 Å². The smallest absolute Gasteiger partial charge is 0.244 e. The maximum atomic E-state index is 12.3. The van der Waals surface area contributed by atoms with Crippen LogP contribution in [-0.4, -0.2) is 42.9 Å². The van der Waals surface area contributed by atoms with Gasteiger partial charge >= 0.3 is 0 Å². The van der Waals surface area contributed by atoms with E-state index in [1.807, 2.05) is 0 Å². The minimum Gasteiger partial charge on any atom is -0.335 e. The van der Waals surface area contributed by atoms with E-state index in [2.05, 4.69) is 10.6 Å². The SMILES string of the molecule is CN(CC(=O)Nc1c(Cl)cccc1Cl)C(=O)CNC1CCCCCCC1. The third-order valence-electron chi connectivity index (χ3n) is 4.68. The van der Waals surface area contributed by atoms with Crippen LogP contribution in [0.15, 0.2) is 18.2 Å². The van der Waals surface area contributed by atoms with Crippen molar-refractivity contribution in [3.05, 3.63) is 28.2 Å². The number of nitrogens with zero attached hydrogens (tertiary/aromatic N) is 1. The van der Waals surface area contributed by atoms with E-state index in [-0.39, 0.29) is 24.9 Å². The molecule has 0 saturated heterocycles. The van der Waals surface area contributed by atoms with Crippen molar-refractivity contribution in [2.24, 2.45) is 0 Å². The number of carbonyl (C=O) groups is 2. The topological polar surface area (TPSA) is 61.4 Å². The Labute approximate surface area is 165 Å². The summed E-state index contributed by atoms with van der Waals surface area (Å²) in [5.41, 5.74) is 0.370. The number of benzene rings is 1. The summed E-state index contributed by atoms with van der Waals surface area (Å²) in [6.45, 7) is 0.202. The maximum absolute atomic E-state index is 12.3. The molecule has 0 radical (unpaired) electrons. The molecule has 1 aliphatic rings. The van der Waals surface area contributed by atoms with Gasteiger partial charge in [0.2, 0.25) is 11.8 Å². The molecule has 2 rings (SSSR count). The van der Waals surface area contributed by atoms with Crippen molar-refractivity contribution in [1.29, 1.82) is 0 Å². The molecule has 0 aliphatic heterocycles. The molecule has 0 bridgehead atoms. The predicted molar refractivity (Wildman–Crippen MR) is 107 cm³/mol. The summed E-state index contributed by atoms with van der Waals surface area (Å²) in [5.74, 6) is -0.436. The van der Waals surface area contributed by atoms with Crippen LogP contribution in [0.25, 0.3) is 0 Å². The quantitative estimate of drug-likeness (QED) is 0.756. The molecule has 7 heteroatoms. The van der Waals surface area contributed by atoms with Gasteiger partial charge in [-0.1, -0.05) is 61.4 Å². The number of para-hydroxylation sites is 1. The van der Waals surface area contributed by atoms with Gasteiger partial charge in [0.15, 0.2) is 0 Å². The van der Waals surface area contributed by atoms with Gasteiger partial charge in [0, 0.05) is 13.1 Å². The Kier molecular flexibility index (Phi) is 8.69. The Morgan fingerprint density at radius 1 is 1.08 bits per heavy atom. The van der Waals surface area contributed by atoms with Crippen molar-refractivity contribution >= 4 is 40.7 Å². The zero-order valence-electron chi connectivity index (χ0n) is 15.2. The van der Waals surface area contributed by atoms with Crippen molar-refractivity contribution < 1.29 is 9.59 Å². The van der Waals surface area contributed by atoms with Crippen molar-refractivity contribution in [2.45, 2.75) is 51.0 Å². The van der Waals surface area contributed by atoms with Crippen LogP contribution in [0.5, 0.6) is 0 Å². The average Bonchev–Trinajstić information content (AvgIpc) is 2.57. The second-order valence-electron chi connectivity index (χ2n) is 6.82. The second-order valence-corrected chi connectivity index (χ2v) is 7.63. The van der Waals surface area contributed by atoms with Crippen LogP contribution < -0.4 is 10.6 Å². The number of halogens is 2. The molecule has 0 spiro atoms. The summed E-state index contributed by atoms with van der Waals surface area (Å²) in [5, 5.41) is 6.75. The monoisotopic (exact) mass is 399 g/mol. The lowest BCUT2D eigenvalue weighted by Crippen LogP contribution is -2.43. The van der Waals surface area contributed by atoms with Gasteiger partial charge in [-0.15, -0.1) is 0 Å². The maximum Gasteiger partial charge on any atom is 0.244 e. The van der Waals surface area contributed by atoms with Crippen molar-refractivity contribution in [1.82, 2.24) is 10.2 Å². The molecular weight excluding hydrogens is 373 g/mol. The van der Waals surface area contributed by atoms with Gasteiger partial charge in [-0.25, -0.2) is 0 Å². The second kappa shape index (κ2) is 10.8. The lowest BCUT2D eigenvalue weighted by atomic mass is 9.97. The number of nitrogens with one attached hydrogen (secondary N) is 2. The number of likely N-dealkylation sites (N-methyl/N-ethyl adjacent to an activating group) is 1. The molecule has 2 amide bonds. The fourth-order valence-corrected chi connectivity index (χ4v) is 3.62. The highest BCUT2D eigenvalue weighted by Crippen LogP contribution is 2.29. The van der Waals surface area contributed by atoms with E-state index in [9.17, 15) is 9.59 Å². The first-order valence-electron chi connectivity index (χ1n) is 9.18. The minimum absolute atomic E-state index is 0.0489. The van der Waals surface area contributed by atoms with Gasteiger partial charge in [-0.2, -0.15) is 0 Å². The van der Waals surface area contributed by atoms with E-state index in [1.165, 1.54) is 37.0 Å². The van der Waals surface area contributed by atoms with Crippen LogP contribution in [0.4, 0.5) is 5.69 Å². The molecule has 0 aromatic heterocycles. The molecule has 1 fully saturated rings. The first-order chi connectivity index (χ1) is 12.5. The summed E-state index contributed by atoms with van der Waals surface area (Å²) in [7, 11) is 1.62. The highest BCUT2D eigenvalue weighted by molar-refractivity contribution is 6.39. The molecule has 1 aromatic rings. The fraction of sp³-hybridized carbons (Fsp3) is 0.579. The Morgan fingerprint density at radius 2 is 1.65 bits per heavy atom. The van der Waals surface area contributed by atoms with Gasteiger partial charge in [-0.3, -0.25) is 9.59 Å². The molecule has 0 unspecified atom stereocenters. The number of hydrogen-bond donors (Lipinski definition) is 2. The zero-order chi connectivity index (χ0) is 18.9. The molecule has 26 heavy (non-hydrogen) atoms. The molecule has 0 heterocycles. The summed E-state index contributed by atoms with van der Waals surface area (Å²) in [6, 6.07) is 5.40. The number of hydrogen-bond acceptors (Lipinski definition) is 3. The summed E-state index contributed by atoms with van der Waals surface area (Å²) in [6.07, 6.45) is 8.52. The van der Waals surface area contributed by atoms with Crippen molar-refractivity contribution in [3.63, 3.8) is 0 Å². The molecule has 144 valence electrons. The Morgan fingerprint density at radius 3 is 2.27 bits per heavy atom. The molecule has 2 N–H and O–H groups in total. The van der Waals surface area contributed by atoms with E-state index < -0.39 is 0 Å². The third kappa shape index (κ3) is 6.78. The Hall–Kier alpha value is -1.30. The molecule has 5 nitrogen and oxygen atoms in total. The molecule has 1 saturated carbocycles. The summed E-state index contributed by atoms with van der Waals surface area (Å²) in [4.78, 5) is 25.9. The van der Waals surface area contributed by atoms with E-state index in [0.717, 1.165) is 12.8 Å². The van der Waals surface area contributed by atoms with Crippen LogP contribution in [0.3, 0.4) is 0 Å². The molecular formula is C19H27Cl2N3O2. The highest BCUT2D eigenvalue weighted by atomic mass is 35.5. The standard InChI is InChI=1S/C19H27Cl2N3O2/c1-24(13-17(25)23-19-15(20)10-7-11-16(19)21)18(26)12-22-14-8-5-3-2-4-6-9-14/h7,10-11,14,22H,2-6,8-9,12-13H2,1H3,(H,23,25). The predicted octanol–water partition coefficient (Wildman–Crippen LogP) is 4.09. The van der Waals surface area contributed by atoms with E-state index >= 15 is 0 Å². The van der Waals surface area contributed by atoms with Crippen molar-refractivity contribution in [2.75, 3.05) is 25.5 Å². The van der Waals surface area contributed by atoms with Crippen LogP contribution in [0.2, 0.25) is 10.0 Å². The van der Waals surface area contributed by atoms with Crippen LogP contribution in [0, 0.1) is 0 Å². The van der Waals surface area contributed by atoms with Crippen LogP contribution in [0.1, 0.15) is 44.9 Å². The lowest BCUT2D eigenvalue weighted by Gasteiger charge is -2.23.